The molecule has 0 spiro atoms. The van der Waals surface area contributed by atoms with Crippen molar-refractivity contribution in [3.8, 4) is 0 Å². The van der Waals surface area contributed by atoms with Crippen LogP contribution in [0.1, 0.15) is 19.3 Å². The monoisotopic (exact) mass is 307 g/mol. The molecule has 22 heavy (non-hydrogen) atoms. The fourth-order valence-corrected chi connectivity index (χ4v) is 2.47. The third-order valence-corrected chi connectivity index (χ3v) is 3.87. The minimum absolute atomic E-state index is 0.102. The second-order valence-corrected chi connectivity index (χ2v) is 5.39. The molecule has 1 aliphatic carbocycles. The van der Waals surface area contributed by atoms with Crippen LogP contribution in [0.2, 0.25) is 0 Å². The van der Waals surface area contributed by atoms with Crippen LogP contribution in [0.5, 0.6) is 0 Å². The molecule has 0 bridgehead atoms. The van der Waals surface area contributed by atoms with Gasteiger partial charge in [-0.2, -0.15) is 0 Å². The van der Waals surface area contributed by atoms with Crippen molar-refractivity contribution in [3.63, 3.8) is 0 Å². The van der Waals surface area contributed by atoms with Gasteiger partial charge in [-0.3, -0.25) is 14.9 Å². The first-order chi connectivity index (χ1) is 10.4. The number of para-hydroxylation sites is 2. The van der Waals surface area contributed by atoms with E-state index in [4.69, 9.17) is 0 Å². The number of nitro benzene ring substituents is 1. The summed E-state index contributed by atoms with van der Waals surface area (Å²) in [7, 11) is 1.55. The van der Waals surface area contributed by atoms with Crippen LogP contribution in [-0.4, -0.2) is 41.0 Å². The second-order valence-electron chi connectivity index (χ2n) is 5.39. The molecule has 0 saturated heterocycles. The molecule has 118 valence electrons. The number of nitro groups is 1. The van der Waals surface area contributed by atoms with E-state index in [0.717, 1.165) is 6.42 Å². The number of carbonyl (C=O) groups is 2. The van der Waals surface area contributed by atoms with Crippen LogP contribution in [-0.2, 0) is 9.59 Å². The third kappa shape index (κ3) is 3.00. The van der Waals surface area contributed by atoms with Gasteiger partial charge in [-0.05, 0) is 25.3 Å². The Morgan fingerprint density at radius 1 is 1.41 bits per heavy atom. The van der Waals surface area contributed by atoms with Crippen molar-refractivity contribution in [1.29, 1.82) is 0 Å². The molecular formula is C14H17N3O5. The highest BCUT2D eigenvalue weighted by molar-refractivity contribution is 5.90. The Morgan fingerprint density at radius 3 is 2.55 bits per heavy atom. The predicted octanol–water partition coefficient (Wildman–Crippen LogP) is 1.15. The summed E-state index contributed by atoms with van der Waals surface area (Å²) < 4.78 is 0. The van der Waals surface area contributed by atoms with Crippen LogP contribution >= 0.6 is 0 Å². The highest BCUT2D eigenvalue weighted by Crippen LogP contribution is 2.32. The Bertz CT molecular complexity index is 612. The molecule has 0 unspecified atom stereocenters. The molecule has 0 radical (unpaired) electrons. The molecule has 1 saturated carbocycles. The van der Waals surface area contributed by atoms with Gasteiger partial charge in [0.25, 0.3) is 5.69 Å². The van der Waals surface area contributed by atoms with Gasteiger partial charge in [0.05, 0.1) is 11.5 Å². The molecule has 2 rings (SSSR count). The van der Waals surface area contributed by atoms with Crippen LogP contribution in [0, 0.1) is 10.1 Å². The first-order valence-corrected chi connectivity index (χ1v) is 6.85. The lowest BCUT2D eigenvalue weighted by molar-refractivity contribution is -0.384. The van der Waals surface area contributed by atoms with Crippen molar-refractivity contribution in [3.05, 3.63) is 34.4 Å². The molecule has 8 heteroatoms. The summed E-state index contributed by atoms with van der Waals surface area (Å²) in [5, 5.41) is 22.7. The zero-order chi connectivity index (χ0) is 16.3. The summed E-state index contributed by atoms with van der Waals surface area (Å²) in [5.74, 6) is -1.51. The number of hydrogen-bond donors (Lipinski definition) is 2. The maximum absolute atomic E-state index is 12.0. The Labute approximate surface area is 126 Å². The van der Waals surface area contributed by atoms with E-state index in [9.17, 15) is 24.8 Å². The third-order valence-electron chi connectivity index (χ3n) is 3.87. The van der Waals surface area contributed by atoms with Gasteiger partial charge < -0.3 is 15.3 Å². The van der Waals surface area contributed by atoms with Gasteiger partial charge in [0, 0.05) is 13.1 Å². The summed E-state index contributed by atoms with van der Waals surface area (Å²) in [5.41, 5.74) is -0.976. The molecule has 1 aromatic carbocycles. The minimum Gasteiger partial charge on any atom is -0.480 e. The topological polar surface area (TPSA) is 113 Å². The number of carboxylic acids is 1. The van der Waals surface area contributed by atoms with Crippen LogP contribution in [0.15, 0.2) is 24.3 Å². The summed E-state index contributed by atoms with van der Waals surface area (Å²) >= 11 is 0. The molecule has 1 aromatic rings. The van der Waals surface area contributed by atoms with Crippen LogP contribution in [0.4, 0.5) is 11.4 Å². The van der Waals surface area contributed by atoms with Gasteiger partial charge in [-0.1, -0.05) is 12.1 Å². The van der Waals surface area contributed by atoms with Gasteiger partial charge in [0.1, 0.15) is 11.2 Å². The molecule has 0 atom stereocenters. The second kappa shape index (κ2) is 6.00. The first kappa shape index (κ1) is 15.7. The van der Waals surface area contributed by atoms with Gasteiger partial charge in [-0.15, -0.1) is 0 Å². The van der Waals surface area contributed by atoms with Gasteiger partial charge in [-0.25, -0.2) is 4.79 Å². The van der Waals surface area contributed by atoms with Crippen LogP contribution in [0.3, 0.4) is 0 Å². The summed E-state index contributed by atoms with van der Waals surface area (Å²) in [6.45, 7) is -0.153. The van der Waals surface area contributed by atoms with E-state index >= 15 is 0 Å². The van der Waals surface area contributed by atoms with E-state index in [0.29, 0.717) is 18.5 Å². The zero-order valence-corrected chi connectivity index (χ0v) is 12.1. The summed E-state index contributed by atoms with van der Waals surface area (Å²) in [6, 6.07) is 6.08. The van der Waals surface area contributed by atoms with Crippen molar-refractivity contribution in [2.75, 3.05) is 18.5 Å². The summed E-state index contributed by atoms with van der Waals surface area (Å²) in [4.78, 5) is 35.2. The number of likely N-dealkylation sites (N-methyl/N-ethyl adjacent to an activating group) is 1. The predicted molar refractivity (Wildman–Crippen MR) is 78.7 cm³/mol. The average Bonchev–Trinajstić information content (AvgIpc) is 2.42. The standard InChI is InChI=1S/C14H17N3O5/c1-16(10-5-2-3-6-11(10)17(21)22)9-12(18)15-14(13(19)20)7-4-8-14/h2-3,5-6H,4,7-9H2,1H3,(H,15,18)(H,19,20). The number of carbonyl (C=O) groups excluding carboxylic acids is 1. The van der Waals surface area contributed by atoms with Crippen molar-refractivity contribution in [2.24, 2.45) is 0 Å². The van der Waals surface area contributed by atoms with E-state index in [2.05, 4.69) is 5.32 Å². The van der Waals surface area contributed by atoms with E-state index in [-0.39, 0.29) is 12.2 Å². The number of nitrogens with one attached hydrogen (secondary N) is 1. The fraction of sp³-hybridized carbons (Fsp3) is 0.429. The Balaban J connectivity index is 2.06. The maximum Gasteiger partial charge on any atom is 0.329 e. The molecule has 2 N–H and O–H groups in total. The molecule has 1 fully saturated rings. The number of hydrogen-bond acceptors (Lipinski definition) is 5. The number of amides is 1. The largest absolute Gasteiger partial charge is 0.480 e. The fourth-order valence-electron chi connectivity index (χ4n) is 2.47. The van der Waals surface area contributed by atoms with Crippen molar-refractivity contribution >= 4 is 23.3 Å². The lowest BCUT2D eigenvalue weighted by Crippen LogP contribution is -2.60. The van der Waals surface area contributed by atoms with Gasteiger partial charge in [0.2, 0.25) is 5.91 Å². The lowest BCUT2D eigenvalue weighted by Gasteiger charge is -2.38. The van der Waals surface area contributed by atoms with E-state index in [1.807, 2.05) is 0 Å². The first-order valence-electron chi connectivity index (χ1n) is 6.85. The number of aliphatic carboxylic acids is 1. The van der Waals surface area contributed by atoms with E-state index < -0.39 is 22.3 Å². The normalized spacial score (nSPS) is 15.5. The molecule has 1 amide bonds. The lowest BCUT2D eigenvalue weighted by atomic mass is 9.77. The Hall–Kier alpha value is -2.64. The zero-order valence-electron chi connectivity index (χ0n) is 12.1. The molecular weight excluding hydrogens is 290 g/mol. The number of carboxylic acid groups (broad SMARTS) is 1. The number of benzene rings is 1. The van der Waals surface area contributed by atoms with Crippen LogP contribution in [0.25, 0.3) is 0 Å². The molecule has 0 aliphatic heterocycles. The average molecular weight is 307 g/mol. The van der Waals surface area contributed by atoms with Gasteiger partial charge in [0.15, 0.2) is 0 Å². The number of anilines is 1. The highest BCUT2D eigenvalue weighted by Gasteiger charge is 2.45. The Morgan fingerprint density at radius 2 is 2.05 bits per heavy atom. The molecule has 0 heterocycles. The van der Waals surface area contributed by atoms with E-state index in [1.54, 1.807) is 25.2 Å². The van der Waals surface area contributed by atoms with Crippen molar-refractivity contribution in [1.82, 2.24) is 5.32 Å². The minimum atomic E-state index is -1.18. The molecule has 1 aliphatic rings. The quantitative estimate of drug-likeness (QED) is 0.602. The number of nitrogens with zero attached hydrogens (tertiary/aromatic N) is 2. The number of rotatable bonds is 6. The molecule has 0 aromatic heterocycles. The highest BCUT2D eigenvalue weighted by atomic mass is 16.6. The SMILES string of the molecule is CN(CC(=O)NC1(C(=O)O)CCC1)c1ccccc1[N+](=O)[O-]. The van der Waals surface area contributed by atoms with Gasteiger partial charge >= 0.3 is 5.97 Å². The van der Waals surface area contributed by atoms with E-state index in [1.165, 1.54) is 11.0 Å². The maximum atomic E-state index is 12.0. The smallest absolute Gasteiger partial charge is 0.329 e. The Kier molecular flexibility index (Phi) is 4.30. The van der Waals surface area contributed by atoms with Crippen molar-refractivity contribution in [2.45, 2.75) is 24.8 Å². The molecule has 8 nitrogen and oxygen atoms in total. The van der Waals surface area contributed by atoms with Crippen LogP contribution < -0.4 is 10.2 Å². The summed E-state index contributed by atoms with van der Waals surface area (Å²) in [6.07, 6.45) is 1.57. The van der Waals surface area contributed by atoms with Crippen molar-refractivity contribution < 1.29 is 19.6 Å².